The highest BCUT2D eigenvalue weighted by atomic mass is 16.3. The van der Waals surface area contributed by atoms with Crippen molar-refractivity contribution in [2.75, 3.05) is 0 Å². The van der Waals surface area contributed by atoms with Gasteiger partial charge < -0.3 is 5.11 Å². The minimum atomic E-state index is -0.0197. The lowest BCUT2D eigenvalue weighted by Crippen LogP contribution is -2.25. The summed E-state index contributed by atoms with van der Waals surface area (Å²) in [5.74, 6) is 4.23. The van der Waals surface area contributed by atoms with Gasteiger partial charge in [-0.15, -0.1) is 0 Å². The van der Waals surface area contributed by atoms with Crippen LogP contribution in [-0.2, 0) is 0 Å². The molecule has 0 spiro atoms. The van der Waals surface area contributed by atoms with E-state index >= 15 is 0 Å². The highest BCUT2D eigenvalue weighted by Crippen LogP contribution is 2.28. The van der Waals surface area contributed by atoms with E-state index in [-0.39, 0.29) is 6.10 Å². The van der Waals surface area contributed by atoms with Crippen LogP contribution in [0, 0.1) is 29.6 Å². The van der Waals surface area contributed by atoms with E-state index in [2.05, 4.69) is 54.2 Å². The molecule has 4 rings (SSSR count). The second-order valence-electron chi connectivity index (χ2n) is 12.1. The Morgan fingerprint density at radius 3 is 1.62 bits per heavy atom. The third-order valence-corrected chi connectivity index (χ3v) is 8.19. The first-order chi connectivity index (χ1) is 15.2. The van der Waals surface area contributed by atoms with Gasteiger partial charge in [-0.3, -0.25) is 0 Å². The van der Waals surface area contributed by atoms with Gasteiger partial charge in [-0.05, 0) is 94.3 Å². The van der Waals surface area contributed by atoms with Gasteiger partial charge in [0, 0.05) is 0 Å². The van der Waals surface area contributed by atoms with Crippen LogP contribution < -0.4 is 0 Å². The van der Waals surface area contributed by atoms with E-state index in [1.807, 2.05) is 0 Å². The topological polar surface area (TPSA) is 20.2 Å². The normalized spacial score (nSPS) is 31.6. The SMILES string of the molecule is C=C1CCC(C)CC1.CC1=CCC(C)CC1.CC1CCC(C)C(O)C1.CC1CCCCC1. The van der Waals surface area contributed by atoms with Crippen molar-refractivity contribution in [3.63, 3.8) is 0 Å². The van der Waals surface area contributed by atoms with Gasteiger partial charge in [-0.2, -0.15) is 0 Å². The lowest BCUT2D eigenvalue weighted by Gasteiger charge is -2.28. The molecular weight excluding hydrogens is 388 g/mol. The van der Waals surface area contributed by atoms with Crippen molar-refractivity contribution in [2.24, 2.45) is 29.6 Å². The Kier molecular flexibility index (Phi) is 15.6. The van der Waals surface area contributed by atoms with E-state index in [9.17, 15) is 5.11 Å². The van der Waals surface area contributed by atoms with Crippen LogP contribution in [0.1, 0.15) is 138 Å². The van der Waals surface area contributed by atoms with Crippen LogP contribution in [-0.4, -0.2) is 11.2 Å². The lowest BCUT2D eigenvalue weighted by molar-refractivity contribution is 0.0577. The van der Waals surface area contributed by atoms with Crippen LogP contribution in [0.3, 0.4) is 0 Å². The van der Waals surface area contributed by atoms with Gasteiger partial charge in [0.05, 0.1) is 6.10 Å². The summed E-state index contributed by atoms with van der Waals surface area (Å²) in [6, 6.07) is 0. The molecule has 0 aromatic heterocycles. The van der Waals surface area contributed by atoms with Gasteiger partial charge in [0.1, 0.15) is 0 Å². The molecule has 0 amide bonds. The van der Waals surface area contributed by atoms with Gasteiger partial charge in [-0.1, -0.05) is 96.9 Å². The molecule has 0 bridgehead atoms. The van der Waals surface area contributed by atoms with Gasteiger partial charge in [0.25, 0.3) is 0 Å². The summed E-state index contributed by atoms with van der Waals surface area (Å²) in [6.07, 6.45) is 22.7. The molecule has 4 atom stereocenters. The molecule has 3 fully saturated rings. The molecule has 0 radical (unpaired) electrons. The predicted octanol–water partition coefficient (Wildman–Crippen LogP) is 9.90. The quantitative estimate of drug-likeness (QED) is 0.367. The van der Waals surface area contributed by atoms with E-state index < -0.39 is 0 Å². The van der Waals surface area contributed by atoms with Crippen molar-refractivity contribution in [3.05, 3.63) is 23.8 Å². The van der Waals surface area contributed by atoms with Crippen LogP contribution in [0.15, 0.2) is 23.8 Å². The maximum atomic E-state index is 9.35. The van der Waals surface area contributed by atoms with Crippen LogP contribution >= 0.6 is 0 Å². The summed E-state index contributed by atoms with van der Waals surface area (Å²) in [4.78, 5) is 0. The summed E-state index contributed by atoms with van der Waals surface area (Å²) in [5.41, 5.74) is 3.05. The Hall–Kier alpha value is -0.560. The molecule has 0 aliphatic heterocycles. The molecule has 1 N–H and O–H groups in total. The Labute approximate surface area is 202 Å². The molecule has 1 nitrogen and oxygen atoms in total. The van der Waals surface area contributed by atoms with Gasteiger partial charge >= 0.3 is 0 Å². The van der Waals surface area contributed by atoms with Crippen LogP contribution in [0.2, 0.25) is 0 Å². The Balaban J connectivity index is 0.000000214. The number of rotatable bonds is 0. The molecule has 32 heavy (non-hydrogen) atoms. The van der Waals surface area contributed by atoms with Gasteiger partial charge in [0.15, 0.2) is 0 Å². The van der Waals surface area contributed by atoms with Crippen molar-refractivity contribution in [2.45, 2.75) is 144 Å². The van der Waals surface area contributed by atoms with E-state index in [0.29, 0.717) is 5.92 Å². The van der Waals surface area contributed by atoms with E-state index in [4.69, 9.17) is 0 Å². The molecule has 4 aliphatic rings. The Bertz CT molecular complexity index is 503. The highest BCUT2D eigenvalue weighted by molar-refractivity contribution is 5.02. The van der Waals surface area contributed by atoms with E-state index in [0.717, 1.165) is 30.1 Å². The number of aliphatic hydroxyl groups excluding tert-OH is 1. The van der Waals surface area contributed by atoms with E-state index in [1.165, 1.54) is 95.5 Å². The minimum absolute atomic E-state index is 0.0197. The molecule has 0 saturated heterocycles. The molecule has 0 heterocycles. The van der Waals surface area contributed by atoms with Crippen LogP contribution in [0.4, 0.5) is 0 Å². The second kappa shape index (κ2) is 17.0. The molecule has 0 aromatic rings. The third-order valence-electron chi connectivity index (χ3n) is 8.19. The largest absolute Gasteiger partial charge is 0.393 e. The number of allylic oxidation sites excluding steroid dienone is 3. The predicted molar refractivity (Wildman–Crippen MR) is 144 cm³/mol. The second-order valence-corrected chi connectivity index (χ2v) is 12.1. The Morgan fingerprint density at radius 2 is 1.25 bits per heavy atom. The molecule has 0 aromatic carbocycles. The van der Waals surface area contributed by atoms with Crippen molar-refractivity contribution < 1.29 is 5.11 Å². The van der Waals surface area contributed by atoms with Gasteiger partial charge in [-0.25, -0.2) is 0 Å². The van der Waals surface area contributed by atoms with Crippen LogP contribution in [0.25, 0.3) is 0 Å². The average Bonchev–Trinajstić information content (AvgIpc) is 2.77. The summed E-state index contributed by atoms with van der Waals surface area (Å²) in [5, 5.41) is 9.35. The first-order valence-electron chi connectivity index (χ1n) is 14.2. The zero-order chi connectivity index (χ0) is 23.9. The van der Waals surface area contributed by atoms with Crippen molar-refractivity contribution in [1.82, 2.24) is 0 Å². The molecule has 3 saturated carbocycles. The summed E-state index contributed by atoms with van der Waals surface area (Å²) >= 11 is 0. The zero-order valence-electron chi connectivity index (χ0n) is 22.8. The third kappa shape index (κ3) is 14.6. The molecule has 1 heteroatoms. The monoisotopic (exact) mass is 446 g/mol. The maximum Gasteiger partial charge on any atom is 0.0568 e. The average molecular weight is 447 g/mol. The molecule has 4 aliphatic carbocycles. The number of aliphatic hydroxyl groups is 1. The molecule has 4 unspecified atom stereocenters. The number of hydrogen-bond acceptors (Lipinski definition) is 1. The fourth-order valence-corrected chi connectivity index (χ4v) is 5.08. The maximum absolute atomic E-state index is 9.35. The molecular formula is C31H58O. The van der Waals surface area contributed by atoms with Gasteiger partial charge in [0.2, 0.25) is 0 Å². The smallest absolute Gasteiger partial charge is 0.0568 e. The highest BCUT2D eigenvalue weighted by Gasteiger charge is 2.22. The fraction of sp³-hybridized carbons (Fsp3) is 0.871. The summed E-state index contributed by atoms with van der Waals surface area (Å²) < 4.78 is 0. The Morgan fingerprint density at radius 1 is 0.688 bits per heavy atom. The number of hydrogen-bond donors (Lipinski definition) is 1. The zero-order valence-corrected chi connectivity index (χ0v) is 22.8. The summed E-state index contributed by atoms with van der Waals surface area (Å²) in [6.45, 7) is 17.5. The van der Waals surface area contributed by atoms with Crippen molar-refractivity contribution in [1.29, 1.82) is 0 Å². The minimum Gasteiger partial charge on any atom is -0.393 e. The lowest BCUT2D eigenvalue weighted by atomic mass is 9.82. The first-order valence-corrected chi connectivity index (χ1v) is 14.2. The van der Waals surface area contributed by atoms with E-state index in [1.54, 1.807) is 5.57 Å². The first kappa shape index (κ1) is 29.5. The van der Waals surface area contributed by atoms with Crippen LogP contribution in [0.5, 0.6) is 0 Å². The van der Waals surface area contributed by atoms with Crippen molar-refractivity contribution >= 4 is 0 Å². The molecule has 188 valence electrons. The standard InChI is InChI=1S/C8H16O.2C8H14.C7H14/c1-6-3-4-7(2)8(9)5-6;2*1-7-3-5-8(2)6-4-7;1-7-5-3-2-4-6-7/h6-9H,3-5H2,1-2H3;3,8H,4-6H2,1-2H3;8H,1,3-6H2,2H3;7H,2-6H2,1H3. The summed E-state index contributed by atoms with van der Waals surface area (Å²) in [7, 11) is 0. The fourth-order valence-electron chi connectivity index (χ4n) is 5.08. The van der Waals surface area contributed by atoms with Crippen molar-refractivity contribution in [3.8, 4) is 0 Å².